The van der Waals surface area contributed by atoms with Crippen LogP contribution in [0.25, 0.3) is 0 Å². The zero-order chi connectivity index (χ0) is 18.2. The Morgan fingerprint density at radius 1 is 0.962 bits per heavy atom. The minimum Gasteiger partial charge on any atom is -0.348 e. The van der Waals surface area contributed by atoms with E-state index in [0.29, 0.717) is 6.54 Å². The summed E-state index contributed by atoms with van der Waals surface area (Å²) >= 11 is 0. The third-order valence-corrected chi connectivity index (χ3v) is 4.58. The molecular formula is C20H24N4O2. The second-order valence-electron chi connectivity index (χ2n) is 6.61. The summed E-state index contributed by atoms with van der Waals surface area (Å²) < 4.78 is 0. The summed E-state index contributed by atoms with van der Waals surface area (Å²) in [6.45, 7) is 0.368. The van der Waals surface area contributed by atoms with E-state index in [9.17, 15) is 9.59 Å². The van der Waals surface area contributed by atoms with E-state index in [1.165, 1.54) is 12.8 Å². The first kappa shape index (κ1) is 18.0. The number of rotatable bonds is 5. The highest BCUT2D eigenvalue weighted by Crippen LogP contribution is 2.17. The zero-order valence-electron chi connectivity index (χ0n) is 14.8. The number of hydrogen-bond donors (Lipinski definition) is 2. The summed E-state index contributed by atoms with van der Waals surface area (Å²) in [5.41, 5.74) is 1.42. The van der Waals surface area contributed by atoms with Gasteiger partial charge in [0.05, 0.1) is 0 Å². The SMILES string of the molecule is O=C(NCc1cccnc1)c1cccc(C(=O)NC2CCCCCC2)n1. The number of amides is 2. The highest BCUT2D eigenvalue weighted by molar-refractivity contribution is 5.96. The van der Waals surface area contributed by atoms with Crippen LogP contribution in [0.2, 0.25) is 0 Å². The molecule has 0 spiro atoms. The smallest absolute Gasteiger partial charge is 0.270 e. The van der Waals surface area contributed by atoms with Crippen LogP contribution in [0.4, 0.5) is 0 Å². The van der Waals surface area contributed by atoms with Crippen molar-refractivity contribution in [3.05, 3.63) is 59.7 Å². The highest BCUT2D eigenvalue weighted by Gasteiger charge is 2.17. The molecule has 1 saturated carbocycles. The largest absolute Gasteiger partial charge is 0.348 e. The normalized spacial score (nSPS) is 15.1. The average molecular weight is 352 g/mol. The molecule has 0 bridgehead atoms. The number of nitrogens with one attached hydrogen (secondary N) is 2. The van der Waals surface area contributed by atoms with E-state index in [1.807, 2.05) is 12.1 Å². The molecule has 2 aromatic heterocycles. The van der Waals surface area contributed by atoms with Crippen molar-refractivity contribution in [1.82, 2.24) is 20.6 Å². The Hall–Kier alpha value is -2.76. The van der Waals surface area contributed by atoms with Gasteiger partial charge in [-0.3, -0.25) is 14.6 Å². The van der Waals surface area contributed by atoms with Gasteiger partial charge in [0.1, 0.15) is 11.4 Å². The van der Waals surface area contributed by atoms with E-state index in [-0.39, 0.29) is 29.2 Å². The lowest BCUT2D eigenvalue weighted by molar-refractivity contribution is 0.0927. The van der Waals surface area contributed by atoms with Gasteiger partial charge in [-0.25, -0.2) is 4.98 Å². The molecule has 2 heterocycles. The Morgan fingerprint density at radius 3 is 2.38 bits per heavy atom. The van der Waals surface area contributed by atoms with Gasteiger partial charge in [-0.05, 0) is 36.6 Å². The molecule has 6 nitrogen and oxygen atoms in total. The lowest BCUT2D eigenvalue weighted by Gasteiger charge is -2.16. The van der Waals surface area contributed by atoms with Crippen molar-refractivity contribution in [3.8, 4) is 0 Å². The first-order chi connectivity index (χ1) is 12.7. The van der Waals surface area contributed by atoms with Crippen LogP contribution in [-0.4, -0.2) is 27.8 Å². The van der Waals surface area contributed by atoms with Gasteiger partial charge in [-0.1, -0.05) is 37.8 Å². The van der Waals surface area contributed by atoms with Gasteiger partial charge in [0.15, 0.2) is 0 Å². The van der Waals surface area contributed by atoms with E-state index in [2.05, 4.69) is 20.6 Å². The fourth-order valence-corrected chi connectivity index (χ4v) is 3.15. The fraction of sp³-hybridized carbons (Fsp3) is 0.400. The van der Waals surface area contributed by atoms with Crippen molar-refractivity contribution < 1.29 is 9.59 Å². The molecular weight excluding hydrogens is 328 g/mol. The van der Waals surface area contributed by atoms with Crippen LogP contribution in [-0.2, 0) is 6.54 Å². The van der Waals surface area contributed by atoms with Gasteiger partial charge in [-0.15, -0.1) is 0 Å². The van der Waals surface area contributed by atoms with Crippen molar-refractivity contribution in [3.63, 3.8) is 0 Å². The van der Waals surface area contributed by atoms with E-state index in [1.54, 1.807) is 30.6 Å². The first-order valence-electron chi connectivity index (χ1n) is 9.17. The van der Waals surface area contributed by atoms with E-state index in [4.69, 9.17) is 0 Å². The van der Waals surface area contributed by atoms with Gasteiger partial charge in [0.2, 0.25) is 0 Å². The predicted molar refractivity (Wildman–Crippen MR) is 98.6 cm³/mol. The molecule has 3 rings (SSSR count). The fourth-order valence-electron chi connectivity index (χ4n) is 3.15. The number of nitrogens with zero attached hydrogens (tertiary/aromatic N) is 2. The summed E-state index contributed by atoms with van der Waals surface area (Å²) in [5.74, 6) is -0.517. The Morgan fingerprint density at radius 2 is 1.69 bits per heavy atom. The molecule has 2 aromatic rings. The van der Waals surface area contributed by atoms with Crippen molar-refractivity contribution in [2.75, 3.05) is 0 Å². The summed E-state index contributed by atoms with van der Waals surface area (Å²) in [6, 6.07) is 8.85. The zero-order valence-corrected chi connectivity index (χ0v) is 14.8. The molecule has 1 fully saturated rings. The molecule has 0 saturated heterocycles. The van der Waals surface area contributed by atoms with E-state index < -0.39 is 0 Å². The number of pyridine rings is 2. The quantitative estimate of drug-likeness (QED) is 0.811. The minimum absolute atomic E-state index is 0.204. The van der Waals surface area contributed by atoms with Gasteiger partial charge in [0.25, 0.3) is 11.8 Å². The monoisotopic (exact) mass is 352 g/mol. The van der Waals surface area contributed by atoms with Crippen LogP contribution in [0.1, 0.15) is 65.1 Å². The molecule has 1 aliphatic rings. The van der Waals surface area contributed by atoms with Crippen LogP contribution < -0.4 is 10.6 Å². The molecule has 136 valence electrons. The standard InChI is InChI=1S/C20H24N4O2/c25-19(22-14-15-7-6-12-21-13-15)17-10-5-11-18(24-17)20(26)23-16-8-3-1-2-4-9-16/h5-7,10-13,16H,1-4,8-9,14H2,(H,22,25)(H,23,26). The van der Waals surface area contributed by atoms with Crippen LogP contribution in [0.15, 0.2) is 42.7 Å². The first-order valence-corrected chi connectivity index (χ1v) is 9.17. The Balaban J connectivity index is 1.59. The number of aromatic nitrogens is 2. The molecule has 0 radical (unpaired) electrons. The third kappa shape index (κ3) is 5.12. The van der Waals surface area contributed by atoms with Crippen LogP contribution >= 0.6 is 0 Å². The maximum atomic E-state index is 12.5. The highest BCUT2D eigenvalue weighted by atomic mass is 16.2. The minimum atomic E-state index is -0.307. The summed E-state index contributed by atoms with van der Waals surface area (Å²) in [4.78, 5) is 33.0. The molecule has 0 unspecified atom stereocenters. The summed E-state index contributed by atoms with van der Waals surface area (Å²) in [6.07, 6.45) is 10.2. The predicted octanol–water partition coefficient (Wildman–Crippen LogP) is 2.86. The maximum absolute atomic E-state index is 12.5. The average Bonchev–Trinajstić information content (AvgIpc) is 2.95. The van der Waals surface area contributed by atoms with Gasteiger partial charge in [0, 0.05) is 25.0 Å². The third-order valence-electron chi connectivity index (χ3n) is 4.58. The molecule has 26 heavy (non-hydrogen) atoms. The van der Waals surface area contributed by atoms with Gasteiger partial charge < -0.3 is 10.6 Å². The lowest BCUT2D eigenvalue weighted by Crippen LogP contribution is -2.35. The van der Waals surface area contributed by atoms with Crippen molar-refractivity contribution >= 4 is 11.8 Å². The molecule has 0 aliphatic heterocycles. The molecule has 0 aromatic carbocycles. The topological polar surface area (TPSA) is 84.0 Å². The summed E-state index contributed by atoms with van der Waals surface area (Å²) in [7, 11) is 0. The second kappa shape index (κ2) is 9.08. The molecule has 1 aliphatic carbocycles. The lowest BCUT2D eigenvalue weighted by atomic mass is 10.1. The Labute approximate surface area is 153 Å². The van der Waals surface area contributed by atoms with E-state index in [0.717, 1.165) is 31.2 Å². The van der Waals surface area contributed by atoms with Crippen molar-refractivity contribution in [1.29, 1.82) is 0 Å². The Bertz CT molecular complexity index is 740. The number of carbonyl (C=O) groups excluding carboxylic acids is 2. The number of carbonyl (C=O) groups is 2. The van der Waals surface area contributed by atoms with Crippen LogP contribution in [0, 0.1) is 0 Å². The van der Waals surface area contributed by atoms with Crippen molar-refractivity contribution in [2.45, 2.75) is 51.1 Å². The molecule has 0 atom stereocenters. The number of hydrogen-bond acceptors (Lipinski definition) is 4. The molecule has 2 N–H and O–H groups in total. The van der Waals surface area contributed by atoms with Crippen LogP contribution in [0.5, 0.6) is 0 Å². The maximum Gasteiger partial charge on any atom is 0.270 e. The van der Waals surface area contributed by atoms with Crippen LogP contribution in [0.3, 0.4) is 0 Å². The molecule has 6 heteroatoms. The summed E-state index contributed by atoms with van der Waals surface area (Å²) in [5, 5.41) is 5.86. The van der Waals surface area contributed by atoms with Gasteiger partial charge in [-0.2, -0.15) is 0 Å². The van der Waals surface area contributed by atoms with Crippen molar-refractivity contribution in [2.24, 2.45) is 0 Å². The second-order valence-corrected chi connectivity index (χ2v) is 6.61. The van der Waals surface area contributed by atoms with E-state index >= 15 is 0 Å². The Kier molecular flexibility index (Phi) is 6.30. The van der Waals surface area contributed by atoms with Gasteiger partial charge >= 0.3 is 0 Å². The molecule has 2 amide bonds.